The Morgan fingerprint density at radius 2 is 1.72 bits per heavy atom. The van der Waals surface area contributed by atoms with Crippen LogP contribution < -0.4 is 4.74 Å². The predicted molar refractivity (Wildman–Crippen MR) is 151 cm³/mol. The molecule has 4 rings (SSSR count). The Morgan fingerprint density at radius 1 is 1.09 bits per heavy atom. The standard InChI is InChI=1S/C28H30Cl2F4N2O6S/c1-15-4-5-17(13-35(15)16(2)19-10-20(29)12-21(30)11-19)14-41-23-9-8-22(25(31)24(23)18-6-7-18)26(37)36(43(3,39)40)42-27(38)28(32,33)34/h8-12,15-18H,4-7,13-14H2,1-3H3/t15-,16+,17-/m1/s1. The van der Waals surface area contributed by atoms with Gasteiger partial charge >= 0.3 is 18.1 Å². The average Bonchev–Trinajstić information content (AvgIpc) is 3.73. The summed E-state index contributed by atoms with van der Waals surface area (Å²) in [4.78, 5) is 30.3. The highest BCUT2D eigenvalue weighted by atomic mass is 35.5. The van der Waals surface area contributed by atoms with E-state index in [0.717, 1.165) is 24.5 Å². The highest BCUT2D eigenvalue weighted by Gasteiger charge is 2.46. The molecule has 236 valence electrons. The van der Waals surface area contributed by atoms with Crippen molar-refractivity contribution < 1.29 is 45.1 Å². The lowest BCUT2D eigenvalue weighted by Crippen LogP contribution is -2.44. The Balaban J connectivity index is 1.52. The predicted octanol–water partition coefficient (Wildman–Crippen LogP) is 6.67. The number of hydrogen-bond acceptors (Lipinski definition) is 7. The smallest absolute Gasteiger partial charge is 0.493 e. The number of carbonyl (C=O) groups is 2. The molecule has 1 heterocycles. The van der Waals surface area contributed by atoms with Gasteiger partial charge in [0.1, 0.15) is 11.6 Å². The Hall–Kier alpha value is -2.61. The summed E-state index contributed by atoms with van der Waals surface area (Å²) in [5, 5.41) is 1.07. The van der Waals surface area contributed by atoms with Crippen molar-refractivity contribution in [2.45, 2.75) is 63.7 Å². The van der Waals surface area contributed by atoms with E-state index in [0.29, 0.717) is 35.7 Å². The molecule has 1 saturated carbocycles. The van der Waals surface area contributed by atoms with Crippen LogP contribution in [0.15, 0.2) is 30.3 Å². The molecule has 0 spiro atoms. The zero-order chi connectivity index (χ0) is 31.9. The van der Waals surface area contributed by atoms with Crippen molar-refractivity contribution in [1.29, 1.82) is 0 Å². The summed E-state index contributed by atoms with van der Waals surface area (Å²) in [5.41, 5.74) is 0.110. The number of halogens is 6. The maximum Gasteiger partial charge on any atom is 0.493 e. The third kappa shape index (κ3) is 7.92. The molecule has 2 aromatic carbocycles. The van der Waals surface area contributed by atoms with Gasteiger partial charge in [-0.2, -0.15) is 13.2 Å². The van der Waals surface area contributed by atoms with Crippen LogP contribution in [0.5, 0.6) is 5.75 Å². The Kier molecular flexibility index (Phi) is 9.90. The van der Waals surface area contributed by atoms with Gasteiger partial charge in [0, 0.05) is 40.2 Å². The molecule has 43 heavy (non-hydrogen) atoms. The highest BCUT2D eigenvalue weighted by molar-refractivity contribution is 7.88. The number of likely N-dealkylation sites (tertiary alicyclic amines) is 1. The van der Waals surface area contributed by atoms with Crippen molar-refractivity contribution in [3.8, 4) is 5.75 Å². The number of hydrogen-bond donors (Lipinski definition) is 0. The number of alkyl halides is 3. The molecular weight excluding hydrogens is 639 g/mol. The van der Waals surface area contributed by atoms with Crippen LogP contribution in [-0.2, 0) is 19.7 Å². The molecule has 1 aliphatic carbocycles. The van der Waals surface area contributed by atoms with Gasteiger partial charge in [-0.3, -0.25) is 9.69 Å². The number of carbonyl (C=O) groups excluding carboxylic acids is 2. The van der Waals surface area contributed by atoms with Crippen molar-refractivity contribution in [2.75, 3.05) is 19.4 Å². The fourth-order valence-corrected chi connectivity index (χ4v) is 6.35. The zero-order valence-electron chi connectivity index (χ0n) is 23.5. The molecule has 1 saturated heterocycles. The number of rotatable bonds is 8. The van der Waals surface area contributed by atoms with E-state index in [-0.39, 0.29) is 41.8 Å². The summed E-state index contributed by atoms with van der Waals surface area (Å²) in [7, 11) is -4.86. The number of nitrogens with zero attached hydrogens (tertiary/aromatic N) is 2. The summed E-state index contributed by atoms with van der Waals surface area (Å²) in [6, 6.07) is 7.84. The lowest BCUT2D eigenvalue weighted by atomic mass is 9.91. The molecule has 1 aliphatic heterocycles. The second-order valence-electron chi connectivity index (χ2n) is 11.0. The summed E-state index contributed by atoms with van der Waals surface area (Å²) < 4.78 is 83.2. The van der Waals surface area contributed by atoms with Crippen LogP contribution in [0.25, 0.3) is 0 Å². The topological polar surface area (TPSA) is 93.2 Å². The Labute approximate surface area is 256 Å². The minimum Gasteiger partial charge on any atom is -0.493 e. The number of hydroxylamine groups is 1. The normalized spacial score (nSPS) is 20.4. The second kappa shape index (κ2) is 12.8. The van der Waals surface area contributed by atoms with Gasteiger partial charge in [0.25, 0.3) is 10.0 Å². The van der Waals surface area contributed by atoms with Gasteiger partial charge in [-0.05, 0) is 81.3 Å². The summed E-state index contributed by atoms with van der Waals surface area (Å²) >= 11 is 12.4. The molecule has 8 nitrogen and oxygen atoms in total. The number of sulfonamides is 1. The molecule has 2 aromatic rings. The van der Waals surface area contributed by atoms with Crippen LogP contribution in [0, 0.1) is 11.7 Å². The first-order valence-corrected chi connectivity index (χ1v) is 16.1. The summed E-state index contributed by atoms with van der Waals surface area (Å²) in [5.74, 6) is -5.99. The lowest BCUT2D eigenvalue weighted by molar-refractivity contribution is -0.216. The lowest BCUT2D eigenvalue weighted by Gasteiger charge is -2.42. The first kappa shape index (κ1) is 33.3. The van der Waals surface area contributed by atoms with Crippen molar-refractivity contribution in [1.82, 2.24) is 9.37 Å². The third-order valence-corrected chi connectivity index (χ3v) is 8.87. The van der Waals surface area contributed by atoms with E-state index < -0.39 is 43.9 Å². The fourth-order valence-electron chi connectivity index (χ4n) is 5.21. The SMILES string of the molecule is C[C@@H]1CC[C@@H](COc2ccc(C(=O)N(OC(=O)C(F)(F)F)S(C)(=O)=O)c(F)c2C2CC2)CN1[C@@H](C)c1cc(Cl)cc(Cl)c1. The van der Waals surface area contributed by atoms with Crippen LogP contribution in [0.2, 0.25) is 10.0 Å². The van der Waals surface area contributed by atoms with Gasteiger partial charge < -0.3 is 9.57 Å². The van der Waals surface area contributed by atoms with E-state index >= 15 is 4.39 Å². The number of benzene rings is 2. The fraction of sp³-hybridized carbons (Fsp3) is 0.500. The van der Waals surface area contributed by atoms with E-state index in [1.807, 2.05) is 12.1 Å². The van der Waals surface area contributed by atoms with Crippen LogP contribution >= 0.6 is 23.2 Å². The van der Waals surface area contributed by atoms with E-state index in [1.165, 1.54) is 6.07 Å². The third-order valence-electron chi connectivity index (χ3n) is 7.59. The van der Waals surface area contributed by atoms with Crippen molar-refractivity contribution in [3.05, 3.63) is 62.9 Å². The Morgan fingerprint density at radius 3 is 2.28 bits per heavy atom. The maximum absolute atomic E-state index is 15.7. The van der Waals surface area contributed by atoms with Crippen molar-refractivity contribution >= 4 is 45.1 Å². The molecule has 2 aliphatic rings. The largest absolute Gasteiger partial charge is 0.493 e. The van der Waals surface area contributed by atoms with E-state index in [2.05, 4.69) is 23.6 Å². The maximum atomic E-state index is 15.7. The average molecular weight is 670 g/mol. The van der Waals surface area contributed by atoms with Crippen LogP contribution in [0.4, 0.5) is 17.6 Å². The van der Waals surface area contributed by atoms with Crippen molar-refractivity contribution in [3.63, 3.8) is 0 Å². The molecule has 15 heteroatoms. The van der Waals surface area contributed by atoms with E-state index in [9.17, 15) is 31.2 Å². The van der Waals surface area contributed by atoms with Gasteiger partial charge in [0.05, 0.1) is 18.4 Å². The van der Waals surface area contributed by atoms with Crippen LogP contribution in [-0.4, -0.2) is 61.3 Å². The highest BCUT2D eigenvalue weighted by Crippen LogP contribution is 2.47. The molecule has 0 unspecified atom stereocenters. The van der Waals surface area contributed by atoms with E-state index in [1.54, 1.807) is 6.07 Å². The molecule has 0 bridgehead atoms. The number of ether oxygens (including phenoxy) is 1. The minimum absolute atomic E-state index is 0.00278. The van der Waals surface area contributed by atoms with Gasteiger partial charge in [0.15, 0.2) is 0 Å². The van der Waals surface area contributed by atoms with Gasteiger partial charge in [-0.15, -0.1) is 0 Å². The minimum atomic E-state index is -5.59. The monoisotopic (exact) mass is 668 g/mol. The summed E-state index contributed by atoms with van der Waals surface area (Å²) in [6.45, 7) is 5.07. The molecule has 3 atom stereocenters. The molecule has 0 radical (unpaired) electrons. The first-order valence-electron chi connectivity index (χ1n) is 13.5. The zero-order valence-corrected chi connectivity index (χ0v) is 25.8. The number of piperidine rings is 1. The van der Waals surface area contributed by atoms with Gasteiger partial charge in [-0.1, -0.05) is 27.7 Å². The second-order valence-corrected chi connectivity index (χ2v) is 13.6. The quantitative estimate of drug-likeness (QED) is 0.229. The summed E-state index contributed by atoms with van der Waals surface area (Å²) in [6.07, 6.45) is -2.39. The molecule has 2 fully saturated rings. The van der Waals surface area contributed by atoms with Crippen LogP contribution in [0.1, 0.15) is 73.0 Å². The Bertz CT molecular complexity index is 1480. The molecule has 0 N–H and O–H groups in total. The first-order chi connectivity index (χ1) is 20.0. The van der Waals surface area contributed by atoms with Gasteiger partial charge in [-0.25, -0.2) is 17.6 Å². The molecule has 0 aromatic heterocycles. The molecule has 1 amide bonds. The molecular formula is C28H30Cl2F4N2O6S. The van der Waals surface area contributed by atoms with E-state index in [4.69, 9.17) is 27.9 Å². The number of amides is 1. The van der Waals surface area contributed by atoms with Crippen molar-refractivity contribution in [2.24, 2.45) is 5.92 Å². The van der Waals surface area contributed by atoms with Gasteiger partial charge in [0.2, 0.25) is 0 Å². The van der Waals surface area contributed by atoms with Crippen LogP contribution in [0.3, 0.4) is 0 Å².